The van der Waals surface area contributed by atoms with Crippen LogP contribution in [-0.4, -0.2) is 25.7 Å². The van der Waals surface area contributed by atoms with Gasteiger partial charge in [0.05, 0.1) is 19.8 Å². The zero-order valence-corrected chi connectivity index (χ0v) is 12.8. The minimum Gasteiger partial charge on any atom is -0.330 e. The third-order valence-electron chi connectivity index (χ3n) is 1.77. The van der Waals surface area contributed by atoms with Crippen LogP contribution in [0.25, 0.3) is 0 Å². The molecule has 0 aromatic rings. The molecule has 0 N–H and O–H groups in total. The SMILES string of the molecule is CCCO[PH](=O)CP(=O)(OCCC)OCCC. The quantitative estimate of drug-likeness (QED) is 0.539. The summed E-state index contributed by atoms with van der Waals surface area (Å²) in [6.45, 7) is 6.88. The molecule has 17 heavy (non-hydrogen) atoms. The van der Waals surface area contributed by atoms with Crippen LogP contribution in [0.15, 0.2) is 0 Å². The van der Waals surface area contributed by atoms with Crippen molar-refractivity contribution >= 4 is 15.6 Å². The lowest BCUT2D eigenvalue weighted by atomic mass is 10.5. The summed E-state index contributed by atoms with van der Waals surface area (Å²) in [4.78, 5) is 0. The van der Waals surface area contributed by atoms with E-state index in [0.717, 1.165) is 19.3 Å². The second-order valence-electron chi connectivity index (χ2n) is 3.66. The highest BCUT2D eigenvalue weighted by molar-refractivity contribution is 7.65. The molecule has 0 aliphatic carbocycles. The second kappa shape index (κ2) is 10.3. The van der Waals surface area contributed by atoms with E-state index in [4.69, 9.17) is 13.6 Å². The van der Waals surface area contributed by atoms with Crippen molar-refractivity contribution in [1.29, 1.82) is 0 Å². The molecule has 0 bridgehead atoms. The molecule has 0 amide bonds. The fourth-order valence-corrected chi connectivity index (χ4v) is 4.80. The van der Waals surface area contributed by atoms with E-state index in [9.17, 15) is 9.13 Å². The fraction of sp³-hybridized carbons (Fsp3) is 1.00. The maximum atomic E-state index is 12.2. The topological polar surface area (TPSA) is 61.8 Å². The molecular formula is C10H24O5P2. The standard InChI is InChI=1S/C10H24O5P2/c1-4-7-13-16(11)10-17(12,14-8-5-2)15-9-6-3/h16H,4-10H2,1-3H3. The first-order valence-electron chi connectivity index (χ1n) is 6.11. The zero-order chi connectivity index (χ0) is 13.1. The van der Waals surface area contributed by atoms with E-state index >= 15 is 0 Å². The Labute approximate surface area is 105 Å². The Morgan fingerprint density at radius 1 is 0.941 bits per heavy atom. The normalized spacial score (nSPS) is 13.8. The van der Waals surface area contributed by atoms with Crippen LogP contribution >= 0.6 is 15.6 Å². The Hall–Kier alpha value is 0.340. The smallest absolute Gasteiger partial charge is 0.330 e. The van der Waals surface area contributed by atoms with Crippen LogP contribution in [0.4, 0.5) is 0 Å². The highest BCUT2D eigenvalue weighted by Gasteiger charge is 2.27. The molecule has 1 unspecified atom stereocenters. The first-order chi connectivity index (χ1) is 8.08. The fourth-order valence-electron chi connectivity index (χ4n) is 1.01. The Kier molecular flexibility index (Phi) is 10.5. The summed E-state index contributed by atoms with van der Waals surface area (Å²) in [7, 11) is -5.57. The number of hydrogen-bond acceptors (Lipinski definition) is 5. The van der Waals surface area contributed by atoms with Gasteiger partial charge in [0.2, 0.25) is 8.03 Å². The summed E-state index contributed by atoms with van der Waals surface area (Å²) >= 11 is 0. The van der Waals surface area contributed by atoms with E-state index in [0.29, 0.717) is 19.8 Å². The van der Waals surface area contributed by atoms with Crippen molar-refractivity contribution in [1.82, 2.24) is 0 Å². The molecule has 5 nitrogen and oxygen atoms in total. The first kappa shape index (κ1) is 17.3. The predicted octanol–water partition coefficient (Wildman–Crippen LogP) is 3.89. The first-order valence-corrected chi connectivity index (χ1v) is 9.36. The van der Waals surface area contributed by atoms with Crippen LogP contribution in [0.2, 0.25) is 0 Å². The summed E-state index contributed by atoms with van der Waals surface area (Å²) in [5, 5.41) is 0. The van der Waals surface area contributed by atoms with Gasteiger partial charge in [-0.15, -0.1) is 0 Å². The molecule has 0 radical (unpaired) electrons. The Morgan fingerprint density at radius 2 is 1.41 bits per heavy atom. The summed E-state index contributed by atoms with van der Waals surface area (Å²) in [5.74, 6) is -0.113. The number of hydrogen-bond donors (Lipinski definition) is 0. The van der Waals surface area contributed by atoms with E-state index in [2.05, 4.69) is 0 Å². The molecule has 0 aromatic carbocycles. The van der Waals surface area contributed by atoms with Crippen molar-refractivity contribution in [3.8, 4) is 0 Å². The van der Waals surface area contributed by atoms with Crippen molar-refractivity contribution < 1.29 is 22.7 Å². The van der Waals surface area contributed by atoms with Crippen LogP contribution in [0.5, 0.6) is 0 Å². The average Bonchev–Trinajstić information content (AvgIpc) is 2.31. The molecule has 0 rings (SSSR count). The van der Waals surface area contributed by atoms with Crippen LogP contribution in [0.3, 0.4) is 0 Å². The minimum absolute atomic E-state index is 0.113. The summed E-state index contributed by atoms with van der Waals surface area (Å²) < 4.78 is 39.3. The molecule has 0 aromatic heterocycles. The van der Waals surface area contributed by atoms with Crippen LogP contribution in [0.1, 0.15) is 40.0 Å². The molecule has 0 aliphatic rings. The van der Waals surface area contributed by atoms with Crippen molar-refractivity contribution in [3.05, 3.63) is 0 Å². The van der Waals surface area contributed by atoms with Gasteiger partial charge >= 0.3 is 7.60 Å². The van der Waals surface area contributed by atoms with Gasteiger partial charge < -0.3 is 13.6 Å². The molecule has 0 heterocycles. The van der Waals surface area contributed by atoms with E-state index in [-0.39, 0.29) is 5.90 Å². The van der Waals surface area contributed by atoms with Crippen LogP contribution < -0.4 is 0 Å². The maximum absolute atomic E-state index is 12.2. The van der Waals surface area contributed by atoms with Gasteiger partial charge in [-0.25, -0.2) is 0 Å². The van der Waals surface area contributed by atoms with E-state index in [1.165, 1.54) is 0 Å². The van der Waals surface area contributed by atoms with Gasteiger partial charge in [0.15, 0.2) is 0 Å². The molecule has 104 valence electrons. The Morgan fingerprint density at radius 3 is 1.82 bits per heavy atom. The van der Waals surface area contributed by atoms with Gasteiger partial charge in [0.25, 0.3) is 0 Å². The van der Waals surface area contributed by atoms with Crippen LogP contribution in [0, 0.1) is 0 Å². The second-order valence-corrected chi connectivity index (χ2v) is 7.69. The highest BCUT2D eigenvalue weighted by Crippen LogP contribution is 2.55. The largest absolute Gasteiger partial charge is 0.340 e. The monoisotopic (exact) mass is 286 g/mol. The summed E-state index contributed by atoms with van der Waals surface area (Å²) in [6.07, 6.45) is 2.28. The molecule has 0 fully saturated rings. The third kappa shape index (κ3) is 8.98. The van der Waals surface area contributed by atoms with E-state index in [1.54, 1.807) is 0 Å². The van der Waals surface area contributed by atoms with Crippen molar-refractivity contribution in [3.63, 3.8) is 0 Å². The van der Waals surface area contributed by atoms with Gasteiger partial charge in [-0.2, -0.15) is 0 Å². The van der Waals surface area contributed by atoms with Crippen molar-refractivity contribution in [2.24, 2.45) is 0 Å². The van der Waals surface area contributed by atoms with Gasteiger partial charge in [0.1, 0.15) is 5.90 Å². The third-order valence-corrected chi connectivity index (χ3v) is 6.03. The van der Waals surface area contributed by atoms with Gasteiger partial charge in [-0.3, -0.25) is 9.13 Å². The van der Waals surface area contributed by atoms with Crippen molar-refractivity contribution in [2.45, 2.75) is 40.0 Å². The maximum Gasteiger partial charge on any atom is 0.340 e. The molecule has 0 saturated carbocycles. The van der Waals surface area contributed by atoms with Gasteiger partial charge in [-0.1, -0.05) is 20.8 Å². The van der Waals surface area contributed by atoms with E-state index < -0.39 is 15.6 Å². The molecule has 1 atom stereocenters. The highest BCUT2D eigenvalue weighted by atomic mass is 31.2. The lowest BCUT2D eigenvalue weighted by Crippen LogP contribution is -2.01. The lowest BCUT2D eigenvalue weighted by Gasteiger charge is -2.17. The van der Waals surface area contributed by atoms with Crippen LogP contribution in [-0.2, 0) is 22.7 Å². The summed E-state index contributed by atoms with van der Waals surface area (Å²) in [5.41, 5.74) is 0. The molecule has 7 heteroatoms. The molecule has 0 saturated heterocycles. The molecule has 0 aliphatic heterocycles. The zero-order valence-electron chi connectivity index (χ0n) is 10.9. The minimum atomic E-state index is -3.24. The summed E-state index contributed by atoms with van der Waals surface area (Å²) in [6, 6.07) is 0. The molecular weight excluding hydrogens is 262 g/mol. The Bertz CT molecular complexity index is 245. The van der Waals surface area contributed by atoms with E-state index in [1.807, 2.05) is 20.8 Å². The lowest BCUT2D eigenvalue weighted by molar-refractivity contribution is 0.207. The predicted molar refractivity (Wildman–Crippen MR) is 70.2 cm³/mol. The molecule has 0 spiro atoms. The Balaban J connectivity index is 4.25. The number of rotatable bonds is 11. The average molecular weight is 286 g/mol. The van der Waals surface area contributed by atoms with Gasteiger partial charge in [0, 0.05) is 0 Å². The van der Waals surface area contributed by atoms with Gasteiger partial charge in [-0.05, 0) is 19.3 Å². The van der Waals surface area contributed by atoms with Crippen molar-refractivity contribution in [2.75, 3.05) is 25.7 Å².